The summed E-state index contributed by atoms with van der Waals surface area (Å²) in [6, 6.07) is 13.7. The molecule has 1 heterocycles. The average molecular weight is 434 g/mol. The molecule has 1 N–H and O–H groups in total. The molecule has 9 heteroatoms. The normalized spacial score (nSPS) is 14.9. The number of hydrogen-bond donors (Lipinski definition) is 1. The van der Waals surface area contributed by atoms with Crippen LogP contribution in [0.15, 0.2) is 53.4 Å². The molecule has 1 aliphatic rings. The highest BCUT2D eigenvalue weighted by Gasteiger charge is 2.30. The Labute approximate surface area is 177 Å². The number of nitrogens with zero attached hydrogens (tertiary/aromatic N) is 2. The van der Waals surface area contributed by atoms with Crippen LogP contribution >= 0.6 is 0 Å². The quantitative estimate of drug-likeness (QED) is 0.724. The predicted molar refractivity (Wildman–Crippen MR) is 113 cm³/mol. The van der Waals surface area contributed by atoms with Crippen molar-refractivity contribution in [2.75, 3.05) is 39.9 Å². The van der Waals surface area contributed by atoms with E-state index in [0.717, 1.165) is 11.3 Å². The summed E-state index contributed by atoms with van der Waals surface area (Å²) in [5.41, 5.74) is 0.930. The van der Waals surface area contributed by atoms with Crippen LogP contribution in [0.1, 0.15) is 12.5 Å². The summed E-state index contributed by atoms with van der Waals surface area (Å²) in [7, 11) is -2.00. The van der Waals surface area contributed by atoms with Gasteiger partial charge in [0.25, 0.3) is 0 Å². The fraction of sp³-hybridized carbons (Fsp3) is 0.381. The van der Waals surface area contributed by atoms with Crippen molar-refractivity contribution in [1.82, 2.24) is 14.5 Å². The van der Waals surface area contributed by atoms with E-state index in [1.54, 1.807) is 36.3 Å². The summed E-state index contributed by atoms with van der Waals surface area (Å²) in [5.74, 6) is 1.36. The Kier molecular flexibility index (Phi) is 7.17. The number of hydrogen-bond acceptors (Lipinski definition) is 5. The maximum Gasteiger partial charge on any atom is 0.317 e. The van der Waals surface area contributed by atoms with Gasteiger partial charge in [0.05, 0.1) is 18.6 Å². The minimum Gasteiger partial charge on any atom is -0.497 e. The van der Waals surface area contributed by atoms with Crippen molar-refractivity contribution in [3.05, 3.63) is 54.1 Å². The summed E-state index contributed by atoms with van der Waals surface area (Å²) in [4.78, 5) is 14.3. The number of urea groups is 1. The molecular weight excluding hydrogens is 406 g/mol. The summed E-state index contributed by atoms with van der Waals surface area (Å²) in [6.07, 6.45) is 0. The SMILES string of the molecule is CCOc1ccc(S(=O)(=O)N2CCN(C(=O)NCc3cccc(OC)c3)CC2)cc1. The molecule has 8 nitrogen and oxygen atoms in total. The summed E-state index contributed by atoms with van der Waals surface area (Å²) in [6.45, 7) is 3.94. The first-order chi connectivity index (χ1) is 14.4. The smallest absolute Gasteiger partial charge is 0.317 e. The Morgan fingerprint density at radius 3 is 2.37 bits per heavy atom. The van der Waals surface area contributed by atoms with E-state index in [1.165, 1.54) is 4.31 Å². The fourth-order valence-electron chi connectivity index (χ4n) is 3.23. The maximum atomic E-state index is 12.9. The van der Waals surface area contributed by atoms with Crippen LogP contribution in [0.4, 0.5) is 4.79 Å². The van der Waals surface area contributed by atoms with Gasteiger partial charge in [-0.15, -0.1) is 0 Å². The monoisotopic (exact) mass is 433 g/mol. The predicted octanol–water partition coefficient (Wildman–Crippen LogP) is 2.31. The lowest BCUT2D eigenvalue weighted by Gasteiger charge is -2.34. The van der Waals surface area contributed by atoms with E-state index in [2.05, 4.69) is 5.32 Å². The minimum atomic E-state index is -3.60. The van der Waals surface area contributed by atoms with Gasteiger partial charge >= 0.3 is 6.03 Å². The van der Waals surface area contributed by atoms with Crippen molar-refractivity contribution in [2.24, 2.45) is 0 Å². The first-order valence-corrected chi connectivity index (χ1v) is 11.3. The van der Waals surface area contributed by atoms with Gasteiger partial charge in [-0.3, -0.25) is 0 Å². The third kappa shape index (κ3) is 5.22. The molecule has 0 radical (unpaired) electrons. The molecule has 30 heavy (non-hydrogen) atoms. The molecular formula is C21H27N3O5S. The second-order valence-corrected chi connectivity index (χ2v) is 8.74. The summed E-state index contributed by atoms with van der Waals surface area (Å²) < 4.78 is 37.7. The molecule has 1 aliphatic heterocycles. The molecule has 0 bridgehead atoms. The molecule has 0 atom stereocenters. The van der Waals surface area contributed by atoms with Gasteiger partial charge in [-0.25, -0.2) is 13.2 Å². The van der Waals surface area contributed by atoms with Gasteiger partial charge in [0.15, 0.2) is 0 Å². The van der Waals surface area contributed by atoms with Crippen LogP contribution in [0.3, 0.4) is 0 Å². The van der Waals surface area contributed by atoms with Gasteiger partial charge in [-0.05, 0) is 48.9 Å². The Morgan fingerprint density at radius 1 is 1.03 bits per heavy atom. The Bertz CT molecular complexity index is 955. The third-order valence-electron chi connectivity index (χ3n) is 4.88. The first kappa shape index (κ1) is 21.9. The molecule has 162 valence electrons. The van der Waals surface area contributed by atoms with Crippen LogP contribution < -0.4 is 14.8 Å². The molecule has 0 aliphatic carbocycles. The fourth-order valence-corrected chi connectivity index (χ4v) is 4.65. The van der Waals surface area contributed by atoms with Crippen molar-refractivity contribution >= 4 is 16.1 Å². The topological polar surface area (TPSA) is 88.2 Å². The number of rotatable bonds is 7. The van der Waals surface area contributed by atoms with E-state index in [0.29, 0.717) is 32.0 Å². The Balaban J connectivity index is 1.53. The van der Waals surface area contributed by atoms with Crippen LogP contribution in [0.25, 0.3) is 0 Å². The number of sulfonamides is 1. The Hall–Kier alpha value is -2.78. The van der Waals surface area contributed by atoms with Crippen LogP contribution in [-0.2, 0) is 16.6 Å². The molecule has 1 fully saturated rings. The van der Waals surface area contributed by atoms with E-state index in [4.69, 9.17) is 9.47 Å². The van der Waals surface area contributed by atoms with E-state index in [1.807, 2.05) is 31.2 Å². The second kappa shape index (κ2) is 9.82. The number of carbonyl (C=O) groups is 1. The van der Waals surface area contributed by atoms with Crippen molar-refractivity contribution in [3.8, 4) is 11.5 Å². The van der Waals surface area contributed by atoms with Gasteiger partial charge in [-0.2, -0.15) is 4.31 Å². The number of ether oxygens (including phenoxy) is 2. The number of methoxy groups -OCH3 is 1. The zero-order valence-corrected chi connectivity index (χ0v) is 18.0. The van der Waals surface area contributed by atoms with Gasteiger partial charge in [0.2, 0.25) is 10.0 Å². The second-order valence-electron chi connectivity index (χ2n) is 6.81. The van der Waals surface area contributed by atoms with E-state index in [-0.39, 0.29) is 24.0 Å². The van der Waals surface area contributed by atoms with Crippen LogP contribution in [0.5, 0.6) is 11.5 Å². The van der Waals surface area contributed by atoms with Crippen molar-refractivity contribution in [1.29, 1.82) is 0 Å². The zero-order valence-electron chi connectivity index (χ0n) is 17.2. The number of carbonyl (C=O) groups excluding carboxylic acids is 1. The van der Waals surface area contributed by atoms with Crippen molar-refractivity contribution < 1.29 is 22.7 Å². The van der Waals surface area contributed by atoms with Gasteiger partial charge < -0.3 is 19.7 Å². The Morgan fingerprint density at radius 2 is 1.73 bits per heavy atom. The van der Waals surface area contributed by atoms with Crippen molar-refractivity contribution in [2.45, 2.75) is 18.4 Å². The molecule has 2 aromatic rings. The average Bonchev–Trinajstić information content (AvgIpc) is 2.78. The van der Waals surface area contributed by atoms with E-state index >= 15 is 0 Å². The van der Waals surface area contributed by atoms with Crippen LogP contribution in [0, 0.1) is 0 Å². The van der Waals surface area contributed by atoms with Gasteiger partial charge in [-0.1, -0.05) is 12.1 Å². The third-order valence-corrected chi connectivity index (χ3v) is 6.79. The molecule has 2 amide bonds. The maximum absolute atomic E-state index is 12.9. The number of piperazine rings is 1. The van der Waals surface area contributed by atoms with Gasteiger partial charge in [0, 0.05) is 32.7 Å². The number of amides is 2. The highest BCUT2D eigenvalue weighted by atomic mass is 32.2. The van der Waals surface area contributed by atoms with Crippen molar-refractivity contribution in [3.63, 3.8) is 0 Å². The minimum absolute atomic E-state index is 0.212. The molecule has 1 saturated heterocycles. The lowest BCUT2D eigenvalue weighted by atomic mass is 10.2. The standard InChI is InChI=1S/C21H27N3O5S/c1-3-29-18-7-9-20(10-8-18)30(26,27)24-13-11-23(12-14-24)21(25)22-16-17-5-4-6-19(15-17)28-2/h4-10,15H,3,11-14,16H2,1-2H3,(H,22,25). The van der Waals surface area contributed by atoms with Crippen LogP contribution in [-0.4, -0.2) is 63.5 Å². The van der Waals surface area contributed by atoms with E-state index in [9.17, 15) is 13.2 Å². The summed E-state index contributed by atoms with van der Waals surface area (Å²) >= 11 is 0. The molecule has 3 rings (SSSR count). The summed E-state index contributed by atoms with van der Waals surface area (Å²) in [5, 5.41) is 2.87. The number of benzene rings is 2. The highest BCUT2D eigenvalue weighted by molar-refractivity contribution is 7.89. The molecule has 2 aromatic carbocycles. The molecule has 0 spiro atoms. The number of nitrogens with one attached hydrogen (secondary N) is 1. The lowest BCUT2D eigenvalue weighted by Crippen LogP contribution is -2.52. The lowest BCUT2D eigenvalue weighted by molar-refractivity contribution is 0.172. The van der Waals surface area contributed by atoms with Gasteiger partial charge in [0.1, 0.15) is 11.5 Å². The molecule has 0 saturated carbocycles. The first-order valence-electron chi connectivity index (χ1n) is 9.82. The molecule has 0 unspecified atom stereocenters. The highest BCUT2D eigenvalue weighted by Crippen LogP contribution is 2.21. The van der Waals surface area contributed by atoms with E-state index < -0.39 is 10.0 Å². The largest absolute Gasteiger partial charge is 0.497 e. The zero-order chi connectivity index (χ0) is 21.6. The van der Waals surface area contributed by atoms with Crippen LogP contribution in [0.2, 0.25) is 0 Å². The molecule has 0 aromatic heterocycles.